The Bertz CT molecular complexity index is 42.2. The smallest absolute Gasteiger partial charge is 0.291 e. The molecule has 0 aromatic heterocycles. The number of nitrogens with two attached hydrogens (primary N) is 1. The zero-order valence-corrected chi connectivity index (χ0v) is 4.00. The summed E-state index contributed by atoms with van der Waals surface area (Å²) in [6.45, 7) is 2.65. The van der Waals surface area contributed by atoms with Gasteiger partial charge in [0, 0.05) is 0 Å². The van der Waals surface area contributed by atoms with E-state index in [2.05, 4.69) is 0 Å². The molecule has 0 unspecified atom stereocenters. The van der Waals surface area contributed by atoms with Crippen LogP contribution in [0.5, 0.6) is 0 Å². The highest BCUT2D eigenvalue weighted by Gasteiger charge is 1.65. The minimum atomic E-state index is -1.50. The lowest BCUT2D eigenvalue weighted by Gasteiger charge is -1.56. The summed E-state index contributed by atoms with van der Waals surface area (Å²) in [7, 11) is 0. The second-order valence-electron chi connectivity index (χ2n) is 0.646. The van der Waals surface area contributed by atoms with E-state index in [1.54, 1.807) is 0 Å². The lowest BCUT2D eigenvalue weighted by atomic mass is 10.8. The maximum Gasteiger partial charge on any atom is 0.291 e. The third-order valence-electron chi connectivity index (χ3n) is 0. The molecule has 0 saturated carbocycles. The summed E-state index contributed by atoms with van der Waals surface area (Å²) in [5.41, 5.74) is 4.85. The average molecular weight is 108 g/mol. The zero-order valence-electron chi connectivity index (χ0n) is 4.00. The summed E-state index contributed by atoms with van der Waals surface area (Å²) < 4.78 is 0. The van der Waals surface area contributed by atoms with Crippen LogP contribution in [0, 0.1) is 10.1 Å². The van der Waals surface area contributed by atoms with Gasteiger partial charge in [0.05, 0.1) is 0 Å². The highest BCUT2D eigenvalue weighted by atomic mass is 16.9. The van der Waals surface area contributed by atoms with Gasteiger partial charge in [-0.25, -0.2) is 0 Å². The number of rotatable bonds is 0. The van der Waals surface area contributed by atoms with Gasteiger partial charge in [0.25, 0.3) is 5.09 Å². The third-order valence-corrected chi connectivity index (χ3v) is 0. The summed E-state index contributed by atoms with van der Waals surface area (Å²) in [6.07, 6.45) is 0. The molecule has 0 saturated heterocycles. The predicted octanol–water partition coefficient (Wildman–Crippen LogP) is -0.383. The molecule has 5 nitrogen and oxygen atoms in total. The first kappa shape index (κ1) is 9.48. The first-order valence-electron chi connectivity index (χ1n) is 1.68. The van der Waals surface area contributed by atoms with Gasteiger partial charge in [0.2, 0.25) is 0 Å². The zero-order chi connectivity index (χ0) is 6.28. The summed E-state index contributed by atoms with van der Waals surface area (Å²) in [6, 6.07) is 0. The van der Waals surface area contributed by atoms with Crippen molar-refractivity contribution in [3.63, 3.8) is 0 Å². The van der Waals surface area contributed by atoms with E-state index in [1.165, 1.54) is 0 Å². The molecule has 0 aliphatic carbocycles. The molecule has 0 aromatic rings. The molecule has 0 aromatic carbocycles. The van der Waals surface area contributed by atoms with E-state index in [0.717, 1.165) is 6.54 Å². The van der Waals surface area contributed by atoms with E-state index in [4.69, 9.17) is 21.1 Å². The van der Waals surface area contributed by atoms with Gasteiger partial charge in [0.15, 0.2) is 0 Å². The van der Waals surface area contributed by atoms with Gasteiger partial charge in [-0.15, -0.1) is 10.1 Å². The second kappa shape index (κ2) is 8.94. The second-order valence-corrected chi connectivity index (χ2v) is 0.646. The van der Waals surface area contributed by atoms with Crippen LogP contribution in [0.25, 0.3) is 0 Å². The van der Waals surface area contributed by atoms with Crippen molar-refractivity contribution in [1.82, 2.24) is 0 Å². The largest absolute Gasteiger partial charge is 0.331 e. The van der Waals surface area contributed by atoms with E-state index < -0.39 is 5.09 Å². The predicted molar refractivity (Wildman–Crippen MR) is 23.5 cm³/mol. The Hall–Kier alpha value is -0.840. The van der Waals surface area contributed by atoms with Crippen LogP contribution in [0.4, 0.5) is 0 Å². The normalized spacial score (nSPS) is 6.00. The summed E-state index contributed by atoms with van der Waals surface area (Å²) in [5, 5.41) is 13.6. The van der Waals surface area contributed by atoms with Gasteiger partial charge in [-0.3, -0.25) is 0 Å². The summed E-state index contributed by atoms with van der Waals surface area (Å²) >= 11 is 0. The lowest BCUT2D eigenvalue weighted by molar-refractivity contribution is -0.742. The van der Waals surface area contributed by atoms with Crippen LogP contribution in [-0.4, -0.2) is 16.8 Å². The Balaban J connectivity index is 0. The molecule has 44 valence electrons. The summed E-state index contributed by atoms with van der Waals surface area (Å²) in [4.78, 5) is 8.36. The molecule has 0 heterocycles. The van der Waals surface area contributed by atoms with Gasteiger partial charge < -0.3 is 10.9 Å². The van der Waals surface area contributed by atoms with Gasteiger partial charge in [-0.1, -0.05) is 6.92 Å². The van der Waals surface area contributed by atoms with E-state index in [-0.39, 0.29) is 0 Å². The Labute approximate surface area is 40.9 Å². The molecule has 0 bridgehead atoms. The van der Waals surface area contributed by atoms with Gasteiger partial charge >= 0.3 is 0 Å². The van der Waals surface area contributed by atoms with Crippen LogP contribution in [0.3, 0.4) is 0 Å². The van der Waals surface area contributed by atoms with E-state index in [0.29, 0.717) is 0 Å². The molecule has 0 amide bonds. The van der Waals surface area contributed by atoms with E-state index >= 15 is 0 Å². The molecule has 0 rings (SSSR count). The fourth-order valence-electron chi connectivity index (χ4n) is 0. The fraction of sp³-hybridized carbons (Fsp3) is 1.00. The topological polar surface area (TPSA) is 89.4 Å². The van der Waals surface area contributed by atoms with Crippen LogP contribution < -0.4 is 5.73 Å². The van der Waals surface area contributed by atoms with Crippen molar-refractivity contribution in [3.05, 3.63) is 10.1 Å². The number of nitrogens with zero attached hydrogens (tertiary/aromatic N) is 1. The number of hydrogen-bond acceptors (Lipinski definition) is 3. The Morgan fingerprint density at radius 3 is 2.00 bits per heavy atom. The molecule has 0 fully saturated rings. The SMILES string of the molecule is CCN.O=[N+]([O-])O. The van der Waals surface area contributed by atoms with Crippen molar-refractivity contribution in [3.8, 4) is 0 Å². The Morgan fingerprint density at radius 2 is 2.00 bits per heavy atom. The average Bonchev–Trinajstić information content (AvgIpc) is 1.33. The van der Waals surface area contributed by atoms with Crippen LogP contribution in [-0.2, 0) is 0 Å². The fourth-order valence-corrected chi connectivity index (χ4v) is 0. The highest BCUT2D eigenvalue weighted by Crippen LogP contribution is 1.38. The third kappa shape index (κ3) is 73.0. The Morgan fingerprint density at radius 1 is 2.00 bits per heavy atom. The molecule has 5 heteroatoms. The van der Waals surface area contributed by atoms with Crippen molar-refractivity contribution >= 4 is 0 Å². The van der Waals surface area contributed by atoms with Crippen molar-refractivity contribution in [1.29, 1.82) is 0 Å². The first-order valence-corrected chi connectivity index (χ1v) is 1.68. The van der Waals surface area contributed by atoms with Crippen molar-refractivity contribution in [2.75, 3.05) is 6.54 Å². The standard InChI is InChI=1S/C2H7N.HNO3/c1-2-3;2-1(3)4/h2-3H2,1H3;(H,2,3,4). The number of hydrogen-bond donors (Lipinski definition) is 2. The molecule has 0 radical (unpaired) electrons. The molecule has 7 heavy (non-hydrogen) atoms. The van der Waals surface area contributed by atoms with Crippen LogP contribution >= 0.6 is 0 Å². The van der Waals surface area contributed by atoms with Crippen LogP contribution in [0.1, 0.15) is 6.92 Å². The van der Waals surface area contributed by atoms with Crippen molar-refractivity contribution < 1.29 is 10.3 Å². The van der Waals surface area contributed by atoms with Gasteiger partial charge in [-0.05, 0) is 6.54 Å². The quantitative estimate of drug-likeness (QED) is 0.327. The van der Waals surface area contributed by atoms with Gasteiger partial charge in [-0.2, -0.15) is 0 Å². The molecule has 3 N–H and O–H groups in total. The van der Waals surface area contributed by atoms with Crippen LogP contribution in [0.2, 0.25) is 0 Å². The maximum atomic E-state index is 8.36. The molecule has 0 atom stereocenters. The minimum Gasteiger partial charge on any atom is -0.331 e. The maximum absolute atomic E-state index is 8.36. The lowest BCUT2D eigenvalue weighted by Crippen LogP contribution is -1.87. The molecule has 0 spiro atoms. The van der Waals surface area contributed by atoms with Crippen molar-refractivity contribution in [2.45, 2.75) is 6.92 Å². The Kier molecular flexibility index (Phi) is 12.1. The first-order chi connectivity index (χ1) is 3.15. The molecular formula is C2H8N2O3. The van der Waals surface area contributed by atoms with Crippen molar-refractivity contribution in [2.24, 2.45) is 5.73 Å². The minimum absolute atomic E-state index is 0.750. The monoisotopic (exact) mass is 108 g/mol. The summed E-state index contributed by atoms with van der Waals surface area (Å²) in [5.74, 6) is 0. The van der Waals surface area contributed by atoms with Gasteiger partial charge in [0.1, 0.15) is 0 Å². The van der Waals surface area contributed by atoms with E-state index in [9.17, 15) is 0 Å². The van der Waals surface area contributed by atoms with Crippen LogP contribution in [0.15, 0.2) is 0 Å². The molecule has 0 aliphatic rings. The highest BCUT2D eigenvalue weighted by molar-refractivity contribution is 4.00. The van der Waals surface area contributed by atoms with E-state index in [1.807, 2.05) is 6.92 Å². The molecular weight excluding hydrogens is 100 g/mol. The molecule has 0 aliphatic heterocycles.